The summed E-state index contributed by atoms with van der Waals surface area (Å²) >= 11 is 0. The Labute approximate surface area is 92.9 Å². The fraction of sp³-hybridized carbons (Fsp3) is 0.571. The molecule has 15 heavy (non-hydrogen) atoms. The Bertz CT molecular complexity index is 343. The summed E-state index contributed by atoms with van der Waals surface area (Å²) in [5.41, 5.74) is 4.50. The number of hydrogen-bond donors (Lipinski definition) is 1. The van der Waals surface area contributed by atoms with Crippen molar-refractivity contribution < 1.29 is 0 Å². The van der Waals surface area contributed by atoms with Crippen LogP contribution in [0.25, 0.3) is 0 Å². The van der Waals surface area contributed by atoms with Gasteiger partial charge in [-0.25, -0.2) is 0 Å². The van der Waals surface area contributed by atoms with Gasteiger partial charge in [-0.15, -0.1) is 0 Å². The summed E-state index contributed by atoms with van der Waals surface area (Å²) < 4.78 is 0. The van der Waals surface area contributed by atoms with E-state index in [4.69, 9.17) is 0 Å². The van der Waals surface area contributed by atoms with Gasteiger partial charge in [0.05, 0.1) is 0 Å². The highest BCUT2D eigenvalue weighted by Crippen LogP contribution is 2.30. The summed E-state index contributed by atoms with van der Waals surface area (Å²) in [5.74, 6) is 0.765. The molecule has 0 aromatic heterocycles. The Morgan fingerprint density at radius 2 is 2.07 bits per heavy atom. The Hall–Kier alpha value is -0.820. The van der Waals surface area contributed by atoms with Gasteiger partial charge in [0.15, 0.2) is 0 Å². The van der Waals surface area contributed by atoms with Crippen molar-refractivity contribution in [1.29, 1.82) is 0 Å². The smallest absolute Gasteiger partial charge is 0.00445 e. The highest BCUT2D eigenvalue weighted by Gasteiger charge is 2.21. The zero-order valence-electron chi connectivity index (χ0n) is 10.0. The zero-order chi connectivity index (χ0) is 10.8. The number of aryl methyl sites for hydroxylation is 1. The number of hydrogen-bond acceptors (Lipinski definition) is 1. The van der Waals surface area contributed by atoms with Crippen LogP contribution in [-0.2, 0) is 0 Å². The predicted octanol–water partition coefficient (Wildman–Crippen LogP) is 3.16. The molecule has 1 saturated heterocycles. The molecule has 0 spiro atoms. The lowest BCUT2D eigenvalue weighted by molar-refractivity contribution is 0.380. The molecule has 1 heterocycles. The molecule has 82 valence electrons. The minimum Gasteiger partial charge on any atom is -0.314 e. The topological polar surface area (TPSA) is 12.0 Å². The zero-order valence-corrected chi connectivity index (χ0v) is 10.0. The minimum atomic E-state index is 0.670. The van der Waals surface area contributed by atoms with Crippen LogP contribution in [0.5, 0.6) is 0 Å². The van der Waals surface area contributed by atoms with Gasteiger partial charge in [0.1, 0.15) is 0 Å². The Morgan fingerprint density at radius 1 is 1.27 bits per heavy atom. The quantitative estimate of drug-likeness (QED) is 0.739. The molecule has 2 unspecified atom stereocenters. The van der Waals surface area contributed by atoms with Crippen molar-refractivity contribution in [3.63, 3.8) is 0 Å². The number of nitrogens with one attached hydrogen (secondary N) is 1. The molecule has 0 aliphatic carbocycles. The van der Waals surface area contributed by atoms with Crippen LogP contribution in [0.3, 0.4) is 0 Å². The van der Waals surface area contributed by atoms with E-state index < -0.39 is 0 Å². The summed E-state index contributed by atoms with van der Waals surface area (Å²) in [6, 6.07) is 7.39. The van der Waals surface area contributed by atoms with Gasteiger partial charge in [-0.3, -0.25) is 0 Å². The summed E-state index contributed by atoms with van der Waals surface area (Å²) in [4.78, 5) is 0. The van der Waals surface area contributed by atoms with Gasteiger partial charge >= 0.3 is 0 Å². The van der Waals surface area contributed by atoms with Crippen molar-refractivity contribution >= 4 is 0 Å². The molecule has 1 N–H and O–H groups in total. The van der Waals surface area contributed by atoms with E-state index in [9.17, 15) is 0 Å². The van der Waals surface area contributed by atoms with Crippen molar-refractivity contribution in [2.75, 3.05) is 6.54 Å². The van der Waals surface area contributed by atoms with Crippen LogP contribution in [0, 0.1) is 13.8 Å². The summed E-state index contributed by atoms with van der Waals surface area (Å²) in [5, 5.41) is 3.52. The van der Waals surface area contributed by atoms with Crippen molar-refractivity contribution in [1.82, 2.24) is 5.32 Å². The third-order valence-corrected chi connectivity index (χ3v) is 3.71. The molecule has 2 atom stereocenters. The number of piperidine rings is 1. The highest BCUT2D eigenvalue weighted by atomic mass is 14.9. The standard InChI is InChI=1S/C14H21N/c1-10-5-4-6-14(12(10)3)13-7-8-15-11(2)9-13/h4-6,11,13,15H,7-9H2,1-3H3. The van der Waals surface area contributed by atoms with Crippen LogP contribution in [-0.4, -0.2) is 12.6 Å². The molecule has 0 saturated carbocycles. The second kappa shape index (κ2) is 4.36. The molecule has 0 radical (unpaired) electrons. The molecular formula is C14H21N. The maximum atomic E-state index is 3.52. The lowest BCUT2D eigenvalue weighted by atomic mass is 9.84. The maximum absolute atomic E-state index is 3.52. The van der Waals surface area contributed by atoms with E-state index in [-0.39, 0.29) is 0 Å². The van der Waals surface area contributed by atoms with Crippen molar-refractivity contribution in [2.45, 2.75) is 45.6 Å². The number of benzene rings is 1. The van der Waals surface area contributed by atoms with Gasteiger partial charge in [0.25, 0.3) is 0 Å². The lowest BCUT2D eigenvalue weighted by Crippen LogP contribution is -2.35. The fourth-order valence-corrected chi connectivity index (χ4v) is 2.63. The molecule has 1 aromatic carbocycles. The third-order valence-electron chi connectivity index (χ3n) is 3.71. The van der Waals surface area contributed by atoms with Gasteiger partial charge in [0, 0.05) is 6.04 Å². The van der Waals surface area contributed by atoms with Gasteiger partial charge in [-0.1, -0.05) is 18.2 Å². The first-order valence-corrected chi connectivity index (χ1v) is 5.98. The van der Waals surface area contributed by atoms with E-state index in [0.717, 1.165) is 5.92 Å². The Balaban J connectivity index is 2.24. The first-order chi connectivity index (χ1) is 7.18. The molecule has 1 aliphatic heterocycles. The minimum absolute atomic E-state index is 0.670. The first kappa shape index (κ1) is 10.7. The van der Waals surface area contributed by atoms with Crippen LogP contribution in [0.4, 0.5) is 0 Å². The second-order valence-corrected chi connectivity index (χ2v) is 4.87. The first-order valence-electron chi connectivity index (χ1n) is 5.98. The summed E-state index contributed by atoms with van der Waals surface area (Å²) in [6.45, 7) is 7.93. The largest absolute Gasteiger partial charge is 0.314 e. The van der Waals surface area contributed by atoms with E-state index >= 15 is 0 Å². The third kappa shape index (κ3) is 2.23. The van der Waals surface area contributed by atoms with E-state index in [2.05, 4.69) is 44.3 Å². The van der Waals surface area contributed by atoms with Gasteiger partial charge in [-0.05, 0) is 62.8 Å². The predicted molar refractivity (Wildman–Crippen MR) is 65.4 cm³/mol. The second-order valence-electron chi connectivity index (χ2n) is 4.87. The molecule has 1 aromatic rings. The van der Waals surface area contributed by atoms with Gasteiger partial charge in [-0.2, -0.15) is 0 Å². The lowest BCUT2D eigenvalue weighted by Gasteiger charge is -2.29. The van der Waals surface area contributed by atoms with Gasteiger partial charge in [0.2, 0.25) is 0 Å². The molecule has 0 amide bonds. The molecule has 0 bridgehead atoms. The molecule has 1 aliphatic rings. The monoisotopic (exact) mass is 203 g/mol. The maximum Gasteiger partial charge on any atom is 0.00445 e. The van der Waals surface area contributed by atoms with Crippen LogP contribution in [0.2, 0.25) is 0 Å². The van der Waals surface area contributed by atoms with E-state index in [1.165, 1.54) is 30.5 Å². The summed E-state index contributed by atoms with van der Waals surface area (Å²) in [6.07, 6.45) is 2.57. The average Bonchev–Trinajstić information content (AvgIpc) is 2.22. The molecule has 1 fully saturated rings. The normalized spacial score (nSPS) is 26.6. The SMILES string of the molecule is Cc1cccc(C2CCNC(C)C2)c1C. The van der Waals surface area contributed by atoms with Crippen molar-refractivity contribution in [2.24, 2.45) is 0 Å². The number of rotatable bonds is 1. The van der Waals surface area contributed by atoms with Crippen LogP contribution in [0.1, 0.15) is 42.4 Å². The molecular weight excluding hydrogens is 182 g/mol. The van der Waals surface area contributed by atoms with E-state index in [1.54, 1.807) is 5.56 Å². The average molecular weight is 203 g/mol. The van der Waals surface area contributed by atoms with Crippen molar-refractivity contribution in [3.8, 4) is 0 Å². The Kier molecular flexibility index (Phi) is 3.11. The Morgan fingerprint density at radius 3 is 2.80 bits per heavy atom. The molecule has 1 nitrogen and oxygen atoms in total. The molecule has 2 rings (SSSR count). The summed E-state index contributed by atoms with van der Waals surface area (Å²) in [7, 11) is 0. The van der Waals surface area contributed by atoms with E-state index in [0.29, 0.717) is 6.04 Å². The fourth-order valence-electron chi connectivity index (χ4n) is 2.63. The van der Waals surface area contributed by atoms with Crippen LogP contribution >= 0.6 is 0 Å². The van der Waals surface area contributed by atoms with Crippen LogP contribution in [0.15, 0.2) is 18.2 Å². The van der Waals surface area contributed by atoms with Crippen molar-refractivity contribution in [3.05, 3.63) is 34.9 Å². The van der Waals surface area contributed by atoms with Gasteiger partial charge < -0.3 is 5.32 Å². The van der Waals surface area contributed by atoms with E-state index in [1.807, 2.05) is 0 Å². The van der Waals surface area contributed by atoms with Crippen LogP contribution < -0.4 is 5.32 Å². The molecule has 1 heteroatoms. The highest BCUT2D eigenvalue weighted by molar-refractivity contribution is 5.36.